The van der Waals surface area contributed by atoms with Gasteiger partial charge in [0.1, 0.15) is 11.6 Å². The van der Waals surface area contributed by atoms with Crippen LogP contribution in [0.2, 0.25) is 0 Å². The highest BCUT2D eigenvalue weighted by Gasteiger charge is 2.24. The van der Waals surface area contributed by atoms with Crippen molar-refractivity contribution in [3.8, 4) is 6.07 Å². The van der Waals surface area contributed by atoms with E-state index in [2.05, 4.69) is 27.4 Å². The van der Waals surface area contributed by atoms with Crippen LogP contribution in [0.25, 0.3) is 11.0 Å². The van der Waals surface area contributed by atoms with Gasteiger partial charge in [0.15, 0.2) is 0 Å². The first kappa shape index (κ1) is 12.9. The summed E-state index contributed by atoms with van der Waals surface area (Å²) in [7, 11) is 0. The van der Waals surface area contributed by atoms with Gasteiger partial charge in [-0.3, -0.25) is 4.90 Å². The molecule has 0 bridgehead atoms. The van der Waals surface area contributed by atoms with Crippen molar-refractivity contribution in [1.82, 2.24) is 14.5 Å². The van der Waals surface area contributed by atoms with Crippen LogP contribution in [0.15, 0.2) is 18.2 Å². The van der Waals surface area contributed by atoms with Crippen molar-refractivity contribution in [2.45, 2.75) is 32.4 Å². The molecule has 1 aromatic heterocycles. The average Bonchev–Trinajstić information content (AvgIpc) is 3.04. The number of benzene rings is 1. The van der Waals surface area contributed by atoms with Gasteiger partial charge in [-0.25, -0.2) is 4.98 Å². The zero-order valence-corrected chi connectivity index (χ0v) is 11.7. The first-order valence-electron chi connectivity index (χ1n) is 7.13. The summed E-state index contributed by atoms with van der Waals surface area (Å²) >= 11 is 0. The number of rotatable bonds is 3. The number of nitrogens with zero attached hydrogens (tertiary/aromatic N) is 4. The molecule has 1 unspecified atom stereocenters. The Morgan fingerprint density at radius 1 is 1.50 bits per heavy atom. The van der Waals surface area contributed by atoms with E-state index in [0.29, 0.717) is 23.1 Å². The number of imidazole rings is 1. The summed E-state index contributed by atoms with van der Waals surface area (Å²) < 4.78 is 2.05. The molecule has 104 valence electrons. The number of fused-ring (bicyclic) bond motifs is 1. The van der Waals surface area contributed by atoms with Gasteiger partial charge in [0.05, 0.1) is 11.1 Å². The maximum Gasteiger partial charge on any atom is 0.201 e. The van der Waals surface area contributed by atoms with E-state index in [-0.39, 0.29) is 0 Å². The number of aromatic nitrogens is 2. The number of hydrogen-bond acceptors (Lipinski definition) is 4. The summed E-state index contributed by atoms with van der Waals surface area (Å²) in [5.41, 5.74) is 8.33. The molecule has 2 aromatic rings. The van der Waals surface area contributed by atoms with Gasteiger partial charge in [-0.05, 0) is 38.1 Å². The van der Waals surface area contributed by atoms with E-state index in [9.17, 15) is 0 Å². The van der Waals surface area contributed by atoms with Crippen molar-refractivity contribution in [3.05, 3.63) is 23.8 Å². The van der Waals surface area contributed by atoms with E-state index in [1.165, 1.54) is 12.8 Å². The van der Waals surface area contributed by atoms with Crippen LogP contribution >= 0.6 is 0 Å². The molecule has 5 heteroatoms. The van der Waals surface area contributed by atoms with Crippen LogP contribution in [0.1, 0.15) is 25.3 Å². The SMILES string of the molecule is CCN1CCCC1Cn1c(N)nc2c(C#N)cccc21. The third-order valence-corrected chi connectivity index (χ3v) is 4.23. The van der Waals surface area contributed by atoms with Gasteiger partial charge in [0, 0.05) is 12.6 Å². The molecule has 1 aliphatic heterocycles. The summed E-state index contributed by atoms with van der Waals surface area (Å²) in [6.45, 7) is 5.28. The first-order chi connectivity index (χ1) is 9.74. The Morgan fingerprint density at radius 3 is 3.10 bits per heavy atom. The third-order valence-electron chi connectivity index (χ3n) is 4.23. The number of nitriles is 1. The molecule has 0 aliphatic carbocycles. The standard InChI is InChI=1S/C15H19N5/c1-2-19-8-4-6-12(19)10-20-13-7-3-5-11(9-16)14(13)18-15(20)17/h3,5,7,12H,2,4,6,8,10H2,1H3,(H2,17,18). The highest BCUT2D eigenvalue weighted by Crippen LogP contribution is 2.25. The zero-order valence-electron chi connectivity index (χ0n) is 11.7. The highest BCUT2D eigenvalue weighted by molar-refractivity contribution is 5.83. The van der Waals surface area contributed by atoms with Gasteiger partial charge < -0.3 is 10.3 Å². The maximum atomic E-state index is 9.15. The number of hydrogen-bond donors (Lipinski definition) is 1. The monoisotopic (exact) mass is 269 g/mol. The molecule has 0 amide bonds. The van der Waals surface area contributed by atoms with Crippen LogP contribution in [-0.4, -0.2) is 33.6 Å². The molecule has 2 heterocycles. The lowest BCUT2D eigenvalue weighted by molar-refractivity contribution is 0.246. The van der Waals surface area contributed by atoms with E-state index in [4.69, 9.17) is 11.0 Å². The second kappa shape index (κ2) is 5.14. The summed E-state index contributed by atoms with van der Waals surface area (Å²) in [6, 6.07) is 8.37. The van der Waals surface area contributed by atoms with Gasteiger partial charge in [0.25, 0.3) is 0 Å². The predicted molar refractivity (Wildman–Crippen MR) is 79.1 cm³/mol. The third kappa shape index (κ3) is 2.02. The fourth-order valence-electron chi connectivity index (χ4n) is 3.18. The largest absolute Gasteiger partial charge is 0.369 e. The van der Waals surface area contributed by atoms with Crippen LogP contribution in [0.3, 0.4) is 0 Å². The summed E-state index contributed by atoms with van der Waals surface area (Å²) in [6.07, 6.45) is 2.44. The van der Waals surface area contributed by atoms with Gasteiger partial charge in [-0.15, -0.1) is 0 Å². The minimum atomic E-state index is 0.505. The van der Waals surface area contributed by atoms with E-state index >= 15 is 0 Å². The van der Waals surface area contributed by atoms with Crippen molar-refractivity contribution in [2.75, 3.05) is 18.8 Å². The molecular formula is C15H19N5. The van der Waals surface area contributed by atoms with Gasteiger partial charge >= 0.3 is 0 Å². The topological polar surface area (TPSA) is 70.9 Å². The molecule has 1 atom stereocenters. The average molecular weight is 269 g/mol. The van der Waals surface area contributed by atoms with Crippen LogP contribution in [0, 0.1) is 11.3 Å². The van der Waals surface area contributed by atoms with Crippen LogP contribution in [0.4, 0.5) is 5.95 Å². The molecule has 0 spiro atoms. The lowest BCUT2D eigenvalue weighted by Gasteiger charge is -2.23. The Kier molecular flexibility index (Phi) is 3.33. The van der Waals surface area contributed by atoms with E-state index in [0.717, 1.165) is 25.2 Å². The number of anilines is 1. The number of nitrogen functional groups attached to an aromatic ring is 1. The molecule has 20 heavy (non-hydrogen) atoms. The fraction of sp³-hybridized carbons (Fsp3) is 0.467. The molecular weight excluding hydrogens is 250 g/mol. The molecule has 3 rings (SSSR count). The molecule has 0 saturated carbocycles. The summed E-state index contributed by atoms with van der Waals surface area (Å²) in [4.78, 5) is 6.86. The smallest absolute Gasteiger partial charge is 0.201 e. The maximum absolute atomic E-state index is 9.15. The molecule has 1 saturated heterocycles. The normalized spacial score (nSPS) is 19.5. The second-order valence-corrected chi connectivity index (χ2v) is 5.29. The highest BCUT2D eigenvalue weighted by atomic mass is 15.2. The quantitative estimate of drug-likeness (QED) is 0.924. The lowest BCUT2D eigenvalue weighted by Crippen LogP contribution is -2.32. The summed E-state index contributed by atoms with van der Waals surface area (Å²) in [5.74, 6) is 0.505. The van der Waals surface area contributed by atoms with Crippen molar-refractivity contribution in [3.63, 3.8) is 0 Å². The molecule has 5 nitrogen and oxygen atoms in total. The Morgan fingerprint density at radius 2 is 2.35 bits per heavy atom. The zero-order chi connectivity index (χ0) is 14.1. The summed E-state index contributed by atoms with van der Waals surface area (Å²) in [5, 5.41) is 9.15. The first-order valence-corrected chi connectivity index (χ1v) is 7.13. The number of nitrogens with two attached hydrogens (primary N) is 1. The van der Waals surface area contributed by atoms with Crippen LogP contribution in [-0.2, 0) is 6.54 Å². The van der Waals surface area contributed by atoms with Gasteiger partial charge in [-0.2, -0.15) is 5.26 Å². The van der Waals surface area contributed by atoms with Crippen molar-refractivity contribution < 1.29 is 0 Å². The van der Waals surface area contributed by atoms with Crippen molar-refractivity contribution in [1.29, 1.82) is 5.26 Å². The number of para-hydroxylation sites is 1. The van der Waals surface area contributed by atoms with Crippen molar-refractivity contribution in [2.24, 2.45) is 0 Å². The predicted octanol–water partition coefficient (Wildman–Crippen LogP) is 1.97. The Bertz CT molecular complexity index is 667. The number of likely N-dealkylation sites (tertiary alicyclic amines) is 1. The number of likely N-dealkylation sites (N-methyl/N-ethyl adjacent to an activating group) is 1. The molecule has 1 aromatic carbocycles. The molecule has 1 aliphatic rings. The molecule has 1 fully saturated rings. The van der Waals surface area contributed by atoms with E-state index in [1.54, 1.807) is 6.07 Å². The van der Waals surface area contributed by atoms with E-state index < -0.39 is 0 Å². The Labute approximate surface area is 118 Å². The van der Waals surface area contributed by atoms with Crippen molar-refractivity contribution >= 4 is 17.0 Å². The van der Waals surface area contributed by atoms with E-state index in [1.807, 2.05) is 12.1 Å². The van der Waals surface area contributed by atoms with Gasteiger partial charge in [0.2, 0.25) is 5.95 Å². The Balaban J connectivity index is 2.00. The van der Waals surface area contributed by atoms with Crippen LogP contribution < -0.4 is 5.73 Å². The molecule has 0 radical (unpaired) electrons. The van der Waals surface area contributed by atoms with Crippen LogP contribution in [0.5, 0.6) is 0 Å². The fourth-order valence-corrected chi connectivity index (χ4v) is 3.18. The minimum absolute atomic E-state index is 0.505. The Hall–Kier alpha value is -2.06. The van der Waals surface area contributed by atoms with Gasteiger partial charge in [-0.1, -0.05) is 13.0 Å². The second-order valence-electron chi connectivity index (χ2n) is 5.29. The minimum Gasteiger partial charge on any atom is -0.369 e. The lowest BCUT2D eigenvalue weighted by atomic mass is 10.2. The molecule has 2 N–H and O–H groups in total.